The lowest BCUT2D eigenvalue weighted by molar-refractivity contribution is 0.498. The highest BCUT2D eigenvalue weighted by atomic mass is 16.5. The van der Waals surface area contributed by atoms with Crippen LogP contribution in [0.1, 0.15) is 0 Å². The van der Waals surface area contributed by atoms with E-state index in [2.05, 4.69) is 84.9 Å². The molecule has 1 heteroatoms. The number of hydrogen-bond donors (Lipinski definition) is 0. The summed E-state index contributed by atoms with van der Waals surface area (Å²) in [7, 11) is 0. The van der Waals surface area contributed by atoms with Gasteiger partial charge < -0.3 is 4.74 Å². The van der Waals surface area contributed by atoms with E-state index in [1.54, 1.807) is 0 Å². The zero-order chi connectivity index (χ0) is 17.5. The lowest BCUT2D eigenvalue weighted by Gasteiger charge is -2.23. The highest BCUT2D eigenvalue weighted by Gasteiger charge is 2.23. The summed E-state index contributed by atoms with van der Waals surface area (Å²) in [4.78, 5) is 0. The summed E-state index contributed by atoms with van der Waals surface area (Å²) < 4.78 is 6.55. The van der Waals surface area contributed by atoms with E-state index in [4.69, 9.17) is 4.74 Å². The number of benzene rings is 6. The molecule has 0 fully saturated rings. The average Bonchev–Trinajstić information content (AvgIpc) is 2.73. The third kappa shape index (κ3) is 1.56. The van der Waals surface area contributed by atoms with Crippen LogP contribution in [0.15, 0.2) is 84.9 Å². The molecule has 1 nitrogen and oxygen atoms in total. The van der Waals surface area contributed by atoms with Gasteiger partial charge in [-0.2, -0.15) is 0 Å². The molecule has 0 radical (unpaired) electrons. The largest absolute Gasteiger partial charge is 0.455 e. The summed E-state index contributed by atoms with van der Waals surface area (Å²) in [5, 5.41) is 12.6. The molecule has 1 aliphatic rings. The SMILES string of the molecule is c1ccc2c3c4c(cc2c1)c1ccccc1c1ccc2cccc(c2c14)O3. The Hall–Kier alpha value is -3.58. The van der Waals surface area contributed by atoms with Gasteiger partial charge in [0.05, 0.1) is 0 Å². The third-order valence-electron chi connectivity index (χ3n) is 5.98. The highest BCUT2D eigenvalue weighted by molar-refractivity contribution is 6.36. The number of hydrogen-bond acceptors (Lipinski definition) is 1. The van der Waals surface area contributed by atoms with Gasteiger partial charge in [0, 0.05) is 21.5 Å². The molecule has 0 aliphatic carbocycles. The fourth-order valence-corrected chi connectivity index (χ4v) is 4.86. The van der Waals surface area contributed by atoms with E-state index in [1.165, 1.54) is 53.9 Å². The van der Waals surface area contributed by atoms with E-state index < -0.39 is 0 Å². The van der Waals surface area contributed by atoms with Gasteiger partial charge in [-0.15, -0.1) is 0 Å². The van der Waals surface area contributed by atoms with Crippen LogP contribution in [0.25, 0.3) is 53.9 Å². The molecule has 0 spiro atoms. The predicted molar refractivity (Wildman–Crippen MR) is 114 cm³/mol. The van der Waals surface area contributed by atoms with E-state index in [-0.39, 0.29) is 0 Å². The summed E-state index contributed by atoms with van der Waals surface area (Å²) in [5.41, 5.74) is 0. The predicted octanol–water partition coefficient (Wildman–Crippen LogP) is 7.56. The lowest BCUT2D eigenvalue weighted by atomic mass is 9.87. The van der Waals surface area contributed by atoms with Crippen molar-refractivity contribution in [3.8, 4) is 11.5 Å². The van der Waals surface area contributed by atoms with Crippen LogP contribution in [-0.2, 0) is 0 Å². The average molecular weight is 342 g/mol. The van der Waals surface area contributed by atoms with Crippen molar-refractivity contribution in [1.82, 2.24) is 0 Å². The first-order valence-corrected chi connectivity index (χ1v) is 9.29. The fourth-order valence-electron chi connectivity index (χ4n) is 4.86. The molecule has 6 aromatic carbocycles. The Morgan fingerprint density at radius 3 is 2.07 bits per heavy atom. The normalized spacial score (nSPS) is 12.7. The maximum absolute atomic E-state index is 6.55. The Balaban J connectivity index is 1.96. The lowest BCUT2D eigenvalue weighted by Crippen LogP contribution is -1.97. The van der Waals surface area contributed by atoms with Crippen molar-refractivity contribution in [3.05, 3.63) is 84.9 Å². The molecule has 0 bridgehead atoms. The van der Waals surface area contributed by atoms with Gasteiger partial charge in [-0.1, -0.05) is 72.8 Å². The highest BCUT2D eigenvalue weighted by Crippen LogP contribution is 2.51. The molecule has 7 rings (SSSR count). The fraction of sp³-hybridized carbons (Fsp3) is 0. The summed E-state index contributed by atoms with van der Waals surface area (Å²) >= 11 is 0. The van der Waals surface area contributed by atoms with Crippen LogP contribution >= 0.6 is 0 Å². The van der Waals surface area contributed by atoms with Crippen LogP contribution in [0, 0.1) is 0 Å². The van der Waals surface area contributed by atoms with Crippen molar-refractivity contribution in [2.24, 2.45) is 0 Å². The smallest absolute Gasteiger partial charge is 0.143 e. The van der Waals surface area contributed by atoms with Crippen LogP contribution < -0.4 is 4.74 Å². The van der Waals surface area contributed by atoms with Gasteiger partial charge in [-0.3, -0.25) is 0 Å². The molecule has 6 aromatic rings. The van der Waals surface area contributed by atoms with Crippen LogP contribution in [0.5, 0.6) is 11.5 Å². The molecule has 0 unspecified atom stereocenters. The molecule has 1 heterocycles. The van der Waals surface area contributed by atoms with Crippen molar-refractivity contribution in [1.29, 1.82) is 0 Å². The molecule has 0 amide bonds. The summed E-state index contributed by atoms with van der Waals surface area (Å²) in [6.45, 7) is 0. The van der Waals surface area contributed by atoms with E-state index >= 15 is 0 Å². The monoisotopic (exact) mass is 342 g/mol. The van der Waals surface area contributed by atoms with E-state index in [9.17, 15) is 0 Å². The van der Waals surface area contributed by atoms with Gasteiger partial charge in [-0.05, 0) is 44.5 Å². The summed E-state index contributed by atoms with van der Waals surface area (Å²) in [5.74, 6) is 1.95. The second kappa shape index (κ2) is 4.57. The second-order valence-corrected chi connectivity index (χ2v) is 7.34. The minimum atomic E-state index is 0.957. The number of fused-ring (bicyclic) bond motifs is 5. The summed E-state index contributed by atoms with van der Waals surface area (Å²) in [6.07, 6.45) is 0. The Kier molecular flexibility index (Phi) is 2.30. The van der Waals surface area contributed by atoms with Gasteiger partial charge in [0.2, 0.25) is 0 Å². The third-order valence-corrected chi connectivity index (χ3v) is 5.98. The van der Waals surface area contributed by atoms with Crippen molar-refractivity contribution in [3.63, 3.8) is 0 Å². The molecule has 0 aromatic heterocycles. The zero-order valence-corrected chi connectivity index (χ0v) is 14.5. The maximum atomic E-state index is 6.55. The maximum Gasteiger partial charge on any atom is 0.143 e. The number of rotatable bonds is 0. The molecule has 0 saturated heterocycles. The Morgan fingerprint density at radius 2 is 1.19 bits per heavy atom. The molecule has 124 valence electrons. The first-order chi connectivity index (χ1) is 13.4. The van der Waals surface area contributed by atoms with E-state index in [0.29, 0.717) is 0 Å². The van der Waals surface area contributed by atoms with Gasteiger partial charge in [-0.25, -0.2) is 0 Å². The van der Waals surface area contributed by atoms with Gasteiger partial charge in [0.1, 0.15) is 11.5 Å². The first kappa shape index (κ1) is 13.6. The van der Waals surface area contributed by atoms with E-state index in [0.717, 1.165) is 11.5 Å². The van der Waals surface area contributed by atoms with Crippen molar-refractivity contribution < 1.29 is 4.74 Å². The van der Waals surface area contributed by atoms with Gasteiger partial charge >= 0.3 is 0 Å². The van der Waals surface area contributed by atoms with E-state index in [1.807, 2.05) is 0 Å². The number of ether oxygens (including phenoxy) is 1. The molecule has 0 atom stereocenters. The van der Waals surface area contributed by atoms with Crippen molar-refractivity contribution in [2.75, 3.05) is 0 Å². The van der Waals surface area contributed by atoms with Gasteiger partial charge in [0.15, 0.2) is 0 Å². The topological polar surface area (TPSA) is 9.23 Å². The molecule has 27 heavy (non-hydrogen) atoms. The Bertz CT molecular complexity index is 1590. The Labute approximate surface area is 155 Å². The van der Waals surface area contributed by atoms with Crippen LogP contribution in [0.2, 0.25) is 0 Å². The van der Waals surface area contributed by atoms with Crippen molar-refractivity contribution >= 4 is 53.9 Å². The van der Waals surface area contributed by atoms with Crippen LogP contribution in [0.4, 0.5) is 0 Å². The first-order valence-electron chi connectivity index (χ1n) is 9.29. The summed E-state index contributed by atoms with van der Waals surface area (Å²) in [6, 6.07) is 30.4. The quantitative estimate of drug-likeness (QED) is 0.204. The molecule has 0 saturated carbocycles. The second-order valence-electron chi connectivity index (χ2n) is 7.34. The minimum absolute atomic E-state index is 0.957. The van der Waals surface area contributed by atoms with Crippen molar-refractivity contribution in [2.45, 2.75) is 0 Å². The Morgan fingerprint density at radius 1 is 0.444 bits per heavy atom. The van der Waals surface area contributed by atoms with Gasteiger partial charge in [0.25, 0.3) is 0 Å². The minimum Gasteiger partial charge on any atom is -0.455 e. The molecular formula is C26H14O. The van der Waals surface area contributed by atoms with Crippen LogP contribution in [-0.4, -0.2) is 0 Å². The standard InChI is InChI=1S/C26H14O/c1-2-8-17-16(6-1)14-21-19-10-4-3-9-18(19)20-13-12-15-7-5-11-22-23(15)24(20)25(21)26(17)27-22/h1-14H. The zero-order valence-electron chi connectivity index (χ0n) is 14.5. The molecule has 0 N–H and O–H groups in total. The van der Waals surface area contributed by atoms with Crippen LogP contribution in [0.3, 0.4) is 0 Å². The molecule has 1 aliphatic heterocycles. The molecular weight excluding hydrogens is 328 g/mol.